The van der Waals surface area contributed by atoms with E-state index in [9.17, 15) is 17.6 Å². The molecule has 0 aliphatic carbocycles. The van der Waals surface area contributed by atoms with Crippen LogP contribution in [0.3, 0.4) is 0 Å². The normalized spacial score (nSPS) is 18.6. The molecule has 5 nitrogen and oxygen atoms in total. The molecule has 1 aliphatic heterocycles. The predicted octanol–water partition coefficient (Wildman–Crippen LogP) is 2.36. The fourth-order valence-corrected chi connectivity index (χ4v) is 5.04. The molecule has 0 radical (unpaired) electrons. The number of hydrogen-bond acceptors (Lipinski definition) is 4. The van der Waals surface area contributed by atoms with E-state index in [4.69, 9.17) is 0 Å². The number of halogens is 1. The lowest BCUT2D eigenvalue weighted by Crippen LogP contribution is -2.45. The van der Waals surface area contributed by atoms with Gasteiger partial charge in [0.1, 0.15) is 11.9 Å². The number of thiophene rings is 1. The van der Waals surface area contributed by atoms with Crippen LogP contribution in [-0.2, 0) is 21.4 Å². The lowest BCUT2D eigenvalue weighted by Gasteiger charge is -2.23. The summed E-state index contributed by atoms with van der Waals surface area (Å²) in [5.41, 5.74) is 0. The summed E-state index contributed by atoms with van der Waals surface area (Å²) in [5.74, 6) is -0.799. The molecular weight excluding hydrogens is 351 g/mol. The molecule has 1 fully saturated rings. The summed E-state index contributed by atoms with van der Waals surface area (Å²) in [5, 5.41) is 4.71. The monoisotopic (exact) mass is 368 g/mol. The first kappa shape index (κ1) is 17.1. The van der Waals surface area contributed by atoms with Crippen LogP contribution in [0.5, 0.6) is 0 Å². The van der Waals surface area contributed by atoms with Crippen LogP contribution in [0.1, 0.15) is 17.7 Å². The average molecular weight is 368 g/mol. The van der Waals surface area contributed by atoms with Gasteiger partial charge in [0.05, 0.1) is 11.4 Å². The maximum atomic E-state index is 13.0. The zero-order chi connectivity index (χ0) is 17.2. The molecule has 128 valence electrons. The van der Waals surface area contributed by atoms with Gasteiger partial charge in [-0.25, -0.2) is 12.8 Å². The Kier molecular flexibility index (Phi) is 4.98. The quantitative estimate of drug-likeness (QED) is 0.881. The maximum absolute atomic E-state index is 13.0. The number of carbonyl (C=O) groups excluding carboxylic acids is 1. The number of hydrogen-bond donors (Lipinski definition) is 1. The molecule has 1 aromatic carbocycles. The van der Waals surface area contributed by atoms with Crippen molar-refractivity contribution in [2.75, 3.05) is 6.54 Å². The van der Waals surface area contributed by atoms with E-state index in [-0.39, 0.29) is 17.3 Å². The van der Waals surface area contributed by atoms with E-state index in [2.05, 4.69) is 5.32 Å². The molecule has 0 spiro atoms. The standard InChI is InChI=1S/C16H17FN2O3S2/c17-12-5-7-14(8-6-12)24(21,22)19-9-1-4-15(19)16(20)18-11-13-3-2-10-23-13/h2-3,5-8,10,15H,1,4,9,11H2,(H,18,20). The van der Waals surface area contributed by atoms with Crippen molar-refractivity contribution in [3.63, 3.8) is 0 Å². The number of nitrogens with zero attached hydrogens (tertiary/aromatic N) is 1. The third-order valence-corrected chi connectivity index (χ3v) is 6.74. The van der Waals surface area contributed by atoms with Gasteiger partial charge in [-0.05, 0) is 48.6 Å². The molecule has 3 rings (SSSR count). The molecular formula is C16H17FN2O3S2. The zero-order valence-corrected chi connectivity index (χ0v) is 14.4. The van der Waals surface area contributed by atoms with Gasteiger partial charge in [0, 0.05) is 11.4 Å². The van der Waals surface area contributed by atoms with Crippen molar-refractivity contribution in [1.82, 2.24) is 9.62 Å². The third kappa shape index (κ3) is 3.50. The number of sulfonamides is 1. The highest BCUT2D eigenvalue weighted by Gasteiger charge is 2.39. The van der Waals surface area contributed by atoms with E-state index in [0.29, 0.717) is 19.4 Å². The zero-order valence-electron chi connectivity index (χ0n) is 12.8. The first-order valence-electron chi connectivity index (χ1n) is 7.56. The van der Waals surface area contributed by atoms with E-state index < -0.39 is 21.9 Å². The Balaban J connectivity index is 1.74. The van der Waals surface area contributed by atoms with E-state index in [1.807, 2.05) is 17.5 Å². The van der Waals surface area contributed by atoms with Gasteiger partial charge in [-0.2, -0.15) is 4.31 Å². The van der Waals surface area contributed by atoms with Crippen molar-refractivity contribution in [3.8, 4) is 0 Å². The molecule has 1 aliphatic rings. The molecule has 2 heterocycles. The Hall–Kier alpha value is -1.77. The Bertz CT molecular complexity index is 804. The molecule has 2 aromatic rings. The van der Waals surface area contributed by atoms with Gasteiger partial charge in [0.25, 0.3) is 0 Å². The summed E-state index contributed by atoms with van der Waals surface area (Å²) >= 11 is 1.53. The Morgan fingerprint density at radius 2 is 2.04 bits per heavy atom. The number of nitrogens with one attached hydrogen (secondary N) is 1. The molecule has 24 heavy (non-hydrogen) atoms. The van der Waals surface area contributed by atoms with E-state index in [0.717, 1.165) is 17.0 Å². The third-order valence-electron chi connectivity index (χ3n) is 3.94. The van der Waals surface area contributed by atoms with Crippen LogP contribution in [0, 0.1) is 5.82 Å². The van der Waals surface area contributed by atoms with Crippen LogP contribution in [0.15, 0.2) is 46.7 Å². The van der Waals surface area contributed by atoms with Gasteiger partial charge in [0.2, 0.25) is 15.9 Å². The van der Waals surface area contributed by atoms with Gasteiger partial charge in [-0.15, -0.1) is 11.3 Å². The first-order chi connectivity index (χ1) is 11.5. The highest BCUT2D eigenvalue weighted by molar-refractivity contribution is 7.89. The number of amides is 1. The van der Waals surface area contributed by atoms with Crippen molar-refractivity contribution >= 4 is 27.3 Å². The van der Waals surface area contributed by atoms with Gasteiger partial charge < -0.3 is 5.32 Å². The van der Waals surface area contributed by atoms with Crippen LogP contribution in [0.2, 0.25) is 0 Å². The summed E-state index contributed by atoms with van der Waals surface area (Å²) in [4.78, 5) is 13.4. The largest absolute Gasteiger partial charge is 0.350 e. The smallest absolute Gasteiger partial charge is 0.243 e. The van der Waals surface area contributed by atoms with Crippen molar-refractivity contribution in [1.29, 1.82) is 0 Å². The van der Waals surface area contributed by atoms with Crippen molar-refractivity contribution in [2.45, 2.75) is 30.3 Å². The average Bonchev–Trinajstić information content (AvgIpc) is 3.24. The highest BCUT2D eigenvalue weighted by Crippen LogP contribution is 2.26. The second-order valence-electron chi connectivity index (χ2n) is 5.52. The van der Waals surface area contributed by atoms with Crippen molar-refractivity contribution in [2.24, 2.45) is 0 Å². The molecule has 1 atom stereocenters. The lowest BCUT2D eigenvalue weighted by molar-refractivity contribution is -0.124. The summed E-state index contributed by atoms with van der Waals surface area (Å²) in [6.45, 7) is 0.675. The van der Waals surface area contributed by atoms with Gasteiger partial charge in [0.15, 0.2) is 0 Å². The Morgan fingerprint density at radius 3 is 2.71 bits per heavy atom. The Morgan fingerprint density at radius 1 is 1.29 bits per heavy atom. The summed E-state index contributed by atoms with van der Waals surface area (Å²) in [6, 6.07) is 7.75. The molecule has 1 saturated heterocycles. The molecule has 0 saturated carbocycles. The number of carbonyl (C=O) groups is 1. The number of rotatable bonds is 5. The summed E-state index contributed by atoms with van der Waals surface area (Å²) < 4.78 is 39.7. The van der Waals surface area contributed by atoms with Crippen LogP contribution < -0.4 is 5.32 Å². The van der Waals surface area contributed by atoms with Crippen LogP contribution >= 0.6 is 11.3 Å². The molecule has 1 amide bonds. The Labute approximate surface area is 144 Å². The minimum Gasteiger partial charge on any atom is -0.350 e. The van der Waals surface area contributed by atoms with Crippen molar-refractivity contribution < 1.29 is 17.6 Å². The molecule has 1 N–H and O–H groups in total. The van der Waals surface area contributed by atoms with Crippen LogP contribution in [-0.4, -0.2) is 31.2 Å². The first-order valence-corrected chi connectivity index (χ1v) is 9.88. The molecule has 1 aromatic heterocycles. The number of benzene rings is 1. The molecule has 0 bridgehead atoms. The van der Waals surface area contributed by atoms with E-state index >= 15 is 0 Å². The van der Waals surface area contributed by atoms with Gasteiger partial charge >= 0.3 is 0 Å². The van der Waals surface area contributed by atoms with Crippen LogP contribution in [0.25, 0.3) is 0 Å². The molecule has 8 heteroatoms. The molecule has 1 unspecified atom stereocenters. The fourth-order valence-electron chi connectivity index (χ4n) is 2.74. The second-order valence-corrected chi connectivity index (χ2v) is 8.45. The minimum atomic E-state index is -3.81. The summed E-state index contributed by atoms with van der Waals surface area (Å²) in [7, 11) is -3.81. The van der Waals surface area contributed by atoms with Gasteiger partial charge in [-0.1, -0.05) is 6.07 Å². The SMILES string of the molecule is O=C(NCc1cccs1)C1CCCN1S(=O)(=O)c1ccc(F)cc1. The topological polar surface area (TPSA) is 66.5 Å². The fraction of sp³-hybridized carbons (Fsp3) is 0.312. The van der Waals surface area contributed by atoms with Crippen LogP contribution in [0.4, 0.5) is 4.39 Å². The maximum Gasteiger partial charge on any atom is 0.243 e. The van der Waals surface area contributed by atoms with Crippen molar-refractivity contribution in [3.05, 3.63) is 52.5 Å². The van der Waals surface area contributed by atoms with E-state index in [1.54, 1.807) is 0 Å². The second kappa shape index (κ2) is 7.00. The predicted molar refractivity (Wildman–Crippen MR) is 89.5 cm³/mol. The highest BCUT2D eigenvalue weighted by atomic mass is 32.2. The lowest BCUT2D eigenvalue weighted by atomic mass is 10.2. The minimum absolute atomic E-state index is 0.00172. The summed E-state index contributed by atoms with van der Waals surface area (Å²) in [6.07, 6.45) is 1.11. The van der Waals surface area contributed by atoms with E-state index in [1.165, 1.54) is 27.8 Å². The van der Waals surface area contributed by atoms with Gasteiger partial charge in [-0.3, -0.25) is 4.79 Å².